The van der Waals surface area contributed by atoms with Gasteiger partial charge in [-0.05, 0) is 30.7 Å². The lowest BCUT2D eigenvalue weighted by molar-refractivity contribution is -0.144. The Morgan fingerprint density at radius 2 is 1.67 bits per heavy atom. The maximum absolute atomic E-state index is 14.5. The van der Waals surface area contributed by atoms with E-state index in [-0.39, 0.29) is 17.7 Å². The van der Waals surface area contributed by atoms with Gasteiger partial charge < -0.3 is 29.1 Å². The number of amides is 2. The van der Waals surface area contributed by atoms with Crippen LogP contribution in [0.4, 0.5) is 5.69 Å². The van der Waals surface area contributed by atoms with Crippen LogP contribution >= 0.6 is 0 Å². The van der Waals surface area contributed by atoms with Gasteiger partial charge in [0.05, 0.1) is 24.5 Å². The van der Waals surface area contributed by atoms with Crippen molar-refractivity contribution in [2.75, 3.05) is 64.1 Å². The topological polar surface area (TPSA) is 109 Å². The van der Waals surface area contributed by atoms with E-state index < -0.39 is 28.9 Å². The second-order valence-corrected chi connectivity index (χ2v) is 10.0. The molecule has 2 saturated heterocycles. The molecule has 0 aliphatic carbocycles. The number of aliphatic hydroxyl groups is 1. The van der Waals surface area contributed by atoms with E-state index in [1.165, 1.54) is 4.90 Å². The highest BCUT2D eigenvalue weighted by molar-refractivity contribution is 6.50. The lowest BCUT2D eigenvalue weighted by Gasteiger charge is -2.36. The van der Waals surface area contributed by atoms with Crippen molar-refractivity contribution >= 4 is 29.0 Å². The number of likely N-dealkylation sites (tertiary alicyclic amines) is 1. The Kier molecular flexibility index (Phi) is 6.52. The molecule has 0 aromatic heterocycles. The summed E-state index contributed by atoms with van der Waals surface area (Å²) < 4.78 is 16.7. The van der Waals surface area contributed by atoms with Crippen molar-refractivity contribution in [1.29, 1.82) is 0 Å². The summed E-state index contributed by atoms with van der Waals surface area (Å²) in [6.45, 7) is 6.30. The van der Waals surface area contributed by atoms with E-state index in [1.54, 1.807) is 35.2 Å². The standard InChI is InChI=1S/C29H31N3O7/c1-2-9-31-21-6-4-3-5-20(21)29(28(31)36)24(25(33)19-7-8-22-23(18-19)39-17-16-38-22)26(34)27(35)32(29)11-10-30-12-14-37-15-13-30/h3-8,18,33H,2,9-17H2,1H3/b25-24+. The fraction of sp³-hybridized carbons (Fsp3) is 0.414. The first-order valence-electron chi connectivity index (χ1n) is 13.4. The van der Waals surface area contributed by atoms with Crippen molar-refractivity contribution in [1.82, 2.24) is 9.80 Å². The molecule has 0 radical (unpaired) electrons. The Balaban J connectivity index is 1.53. The lowest BCUT2D eigenvalue weighted by Crippen LogP contribution is -2.54. The second kappa shape index (κ2) is 10.0. The van der Waals surface area contributed by atoms with Crippen molar-refractivity contribution in [3.05, 3.63) is 59.2 Å². The monoisotopic (exact) mass is 533 g/mol. The van der Waals surface area contributed by atoms with Gasteiger partial charge >= 0.3 is 0 Å². The average molecular weight is 534 g/mol. The number of nitrogens with zero attached hydrogens (tertiary/aromatic N) is 3. The van der Waals surface area contributed by atoms with Crippen LogP contribution in [0.1, 0.15) is 24.5 Å². The first-order valence-corrected chi connectivity index (χ1v) is 13.4. The van der Waals surface area contributed by atoms with E-state index in [0.717, 1.165) is 0 Å². The van der Waals surface area contributed by atoms with Crippen LogP contribution in [0, 0.1) is 0 Å². The van der Waals surface area contributed by atoms with Crippen molar-refractivity contribution in [3.63, 3.8) is 0 Å². The number of Topliss-reactive ketones (excluding diaryl/α,β-unsaturated/α-hetero) is 1. The van der Waals surface area contributed by atoms with Crippen LogP contribution in [0.15, 0.2) is 48.0 Å². The Morgan fingerprint density at radius 3 is 2.44 bits per heavy atom. The summed E-state index contributed by atoms with van der Waals surface area (Å²) in [6, 6.07) is 12.0. The number of carbonyl (C=O) groups is 3. The van der Waals surface area contributed by atoms with Gasteiger partial charge in [0.2, 0.25) is 0 Å². The highest BCUT2D eigenvalue weighted by Crippen LogP contribution is 2.53. The van der Waals surface area contributed by atoms with Crippen molar-refractivity contribution in [3.8, 4) is 11.5 Å². The number of aliphatic hydroxyl groups excluding tert-OH is 1. The molecule has 39 heavy (non-hydrogen) atoms. The van der Waals surface area contributed by atoms with E-state index in [4.69, 9.17) is 14.2 Å². The molecular weight excluding hydrogens is 502 g/mol. The summed E-state index contributed by atoms with van der Waals surface area (Å²) in [6.07, 6.45) is 0.680. The van der Waals surface area contributed by atoms with Crippen molar-refractivity contribution in [2.45, 2.75) is 18.9 Å². The predicted octanol–water partition coefficient (Wildman–Crippen LogP) is 2.12. The number of benzene rings is 2. The Labute approximate surface area is 226 Å². The van der Waals surface area contributed by atoms with Gasteiger partial charge in [-0.3, -0.25) is 19.3 Å². The molecule has 204 valence electrons. The first kappa shape index (κ1) is 25.4. The number of hydrogen-bond donors (Lipinski definition) is 1. The minimum Gasteiger partial charge on any atom is -0.507 e. The van der Waals surface area contributed by atoms with Crippen molar-refractivity contribution in [2.24, 2.45) is 0 Å². The maximum atomic E-state index is 14.5. The van der Waals surface area contributed by atoms with Crippen LogP contribution in [0.2, 0.25) is 0 Å². The van der Waals surface area contributed by atoms with Gasteiger partial charge in [-0.1, -0.05) is 25.1 Å². The molecule has 4 heterocycles. The number of fused-ring (bicyclic) bond motifs is 3. The average Bonchev–Trinajstić information content (AvgIpc) is 3.35. The molecule has 4 aliphatic heterocycles. The van der Waals surface area contributed by atoms with Crippen LogP contribution < -0.4 is 14.4 Å². The van der Waals surface area contributed by atoms with Gasteiger partial charge in [0, 0.05) is 43.9 Å². The molecule has 6 rings (SSSR count). The molecule has 1 N–H and O–H groups in total. The molecule has 1 unspecified atom stereocenters. The Hall–Kier alpha value is -3.89. The summed E-state index contributed by atoms with van der Waals surface area (Å²) in [5.74, 6) is -1.57. The van der Waals surface area contributed by atoms with Gasteiger partial charge in [-0.15, -0.1) is 0 Å². The number of ketones is 1. The third-order valence-electron chi connectivity index (χ3n) is 7.82. The summed E-state index contributed by atoms with van der Waals surface area (Å²) >= 11 is 0. The van der Waals surface area contributed by atoms with Gasteiger partial charge in [0.15, 0.2) is 17.0 Å². The molecule has 10 heteroatoms. The summed E-state index contributed by atoms with van der Waals surface area (Å²) in [7, 11) is 0. The SMILES string of the molecule is CCCN1C(=O)C2(/C(=C(/O)c3ccc4c(c3)OCCO4)C(=O)C(=O)N2CCN2CCOCC2)c2ccccc21. The zero-order valence-corrected chi connectivity index (χ0v) is 21.9. The first-order chi connectivity index (χ1) is 19.0. The Bertz CT molecular complexity index is 1370. The van der Waals surface area contributed by atoms with E-state index >= 15 is 0 Å². The van der Waals surface area contributed by atoms with Crippen LogP contribution in [0.3, 0.4) is 0 Å². The fourth-order valence-electron chi connectivity index (χ4n) is 6.01. The molecule has 2 amide bonds. The summed E-state index contributed by atoms with van der Waals surface area (Å²) in [4.78, 5) is 47.1. The predicted molar refractivity (Wildman–Crippen MR) is 142 cm³/mol. The molecule has 4 aliphatic rings. The number of carbonyl (C=O) groups excluding carboxylic acids is 3. The third-order valence-corrected chi connectivity index (χ3v) is 7.82. The molecule has 2 aromatic carbocycles. The summed E-state index contributed by atoms with van der Waals surface area (Å²) in [5, 5.41) is 11.7. The second-order valence-electron chi connectivity index (χ2n) is 10.0. The lowest BCUT2D eigenvalue weighted by atomic mass is 9.82. The zero-order valence-electron chi connectivity index (χ0n) is 21.9. The number of rotatable bonds is 6. The Morgan fingerprint density at radius 1 is 0.923 bits per heavy atom. The molecule has 0 saturated carbocycles. The molecule has 0 bridgehead atoms. The highest BCUT2D eigenvalue weighted by Gasteiger charge is 2.67. The highest BCUT2D eigenvalue weighted by atomic mass is 16.6. The molecule has 2 fully saturated rings. The summed E-state index contributed by atoms with van der Waals surface area (Å²) in [5.41, 5.74) is -0.575. The molecule has 1 spiro atoms. The van der Waals surface area contributed by atoms with E-state index in [1.807, 2.05) is 19.1 Å². The van der Waals surface area contributed by atoms with Gasteiger partial charge in [-0.2, -0.15) is 0 Å². The smallest absolute Gasteiger partial charge is 0.296 e. The largest absolute Gasteiger partial charge is 0.507 e. The molecule has 1 atom stereocenters. The van der Waals surface area contributed by atoms with Crippen LogP contribution in [0.25, 0.3) is 5.76 Å². The number of anilines is 1. The molecule has 10 nitrogen and oxygen atoms in total. The number of para-hydroxylation sites is 1. The van der Waals surface area contributed by atoms with Crippen LogP contribution in [-0.4, -0.2) is 91.7 Å². The van der Waals surface area contributed by atoms with Gasteiger partial charge in [-0.25, -0.2) is 0 Å². The third kappa shape index (κ3) is 3.89. The van der Waals surface area contributed by atoms with Crippen molar-refractivity contribution < 1.29 is 33.7 Å². The number of ether oxygens (including phenoxy) is 3. The van der Waals surface area contributed by atoms with E-state index in [0.29, 0.717) is 81.8 Å². The zero-order chi connectivity index (χ0) is 27.1. The minimum absolute atomic E-state index is 0.141. The fourth-order valence-corrected chi connectivity index (χ4v) is 6.01. The van der Waals surface area contributed by atoms with E-state index in [2.05, 4.69) is 4.90 Å². The maximum Gasteiger partial charge on any atom is 0.296 e. The van der Waals surface area contributed by atoms with Crippen LogP contribution in [0.5, 0.6) is 11.5 Å². The quantitative estimate of drug-likeness (QED) is 0.342. The van der Waals surface area contributed by atoms with Gasteiger partial charge in [0.1, 0.15) is 19.0 Å². The van der Waals surface area contributed by atoms with Crippen LogP contribution in [-0.2, 0) is 24.7 Å². The van der Waals surface area contributed by atoms with E-state index in [9.17, 15) is 19.5 Å². The minimum atomic E-state index is -1.77. The normalized spacial score (nSPS) is 24.1. The molecule has 2 aromatic rings. The van der Waals surface area contributed by atoms with Gasteiger partial charge in [0.25, 0.3) is 17.6 Å². The number of morpholine rings is 1. The number of hydrogen-bond acceptors (Lipinski definition) is 8. The molecular formula is C29H31N3O7.